The molecule has 3 aromatic rings. The number of carbonyl (C=O) groups excluding carboxylic acids is 2. The number of nitrogens with zero attached hydrogens (tertiary/aromatic N) is 1. The third kappa shape index (κ3) is 3.83. The summed E-state index contributed by atoms with van der Waals surface area (Å²) in [6, 6.07) is 16.3. The molecule has 26 heavy (non-hydrogen) atoms. The molecular weight excluding hydrogens is 352 g/mol. The summed E-state index contributed by atoms with van der Waals surface area (Å²) in [5.41, 5.74) is 2.43. The number of ether oxygens (including phenoxy) is 1. The molecule has 2 aromatic carbocycles. The van der Waals surface area contributed by atoms with Crippen LogP contribution in [0.5, 0.6) is 0 Å². The van der Waals surface area contributed by atoms with Gasteiger partial charge in [-0.2, -0.15) is 0 Å². The molecular formula is C20H17ClN2O3. The molecule has 1 amide bonds. The van der Waals surface area contributed by atoms with Gasteiger partial charge in [-0.25, -0.2) is 4.98 Å². The van der Waals surface area contributed by atoms with Crippen LogP contribution in [-0.4, -0.2) is 30.0 Å². The van der Waals surface area contributed by atoms with Crippen LogP contribution in [0.1, 0.15) is 17.3 Å². The molecule has 0 fully saturated rings. The SMILES string of the molecule is CCOC(=O)CNC(=O)c1cc(-c2ccccc2Cl)nc2ccccc12. The first-order valence-electron chi connectivity index (χ1n) is 8.18. The van der Waals surface area contributed by atoms with Crippen LogP contribution in [0.2, 0.25) is 5.02 Å². The van der Waals surface area contributed by atoms with Crippen molar-refractivity contribution in [2.75, 3.05) is 13.2 Å². The van der Waals surface area contributed by atoms with E-state index in [-0.39, 0.29) is 19.1 Å². The molecule has 0 saturated heterocycles. The molecule has 0 atom stereocenters. The van der Waals surface area contributed by atoms with Crippen molar-refractivity contribution in [3.05, 3.63) is 65.2 Å². The summed E-state index contributed by atoms with van der Waals surface area (Å²) in [4.78, 5) is 28.8. The fourth-order valence-electron chi connectivity index (χ4n) is 2.63. The average Bonchev–Trinajstić information content (AvgIpc) is 2.66. The van der Waals surface area contributed by atoms with E-state index in [4.69, 9.17) is 16.3 Å². The number of para-hydroxylation sites is 1. The van der Waals surface area contributed by atoms with Crippen LogP contribution in [0.25, 0.3) is 22.2 Å². The Morgan fingerprint density at radius 2 is 1.85 bits per heavy atom. The smallest absolute Gasteiger partial charge is 0.325 e. The van der Waals surface area contributed by atoms with Gasteiger partial charge in [-0.1, -0.05) is 48.0 Å². The maximum Gasteiger partial charge on any atom is 0.325 e. The molecule has 0 unspecified atom stereocenters. The van der Waals surface area contributed by atoms with Crippen LogP contribution < -0.4 is 5.32 Å². The van der Waals surface area contributed by atoms with E-state index in [0.717, 1.165) is 5.56 Å². The van der Waals surface area contributed by atoms with Crippen LogP contribution >= 0.6 is 11.6 Å². The first-order valence-corrected chi connectivity index (χ1v) is 8.56. The number of nitrogens with one attached hydrogen (secondary N) is 1. The minimum atomic E-state index is -0.481. The summed E-state index contributed by atoms with van der Waals surface area (Å²) in [7, 11) is 0. The summed E-state index contributed by atoms with van der Waals surface area (Å²) < 4.78 is 4.84. The average molecular weight is 369 g/mol. The van der Waals surface area contributed by atoms with Crippen molar-refractivity contribution in [1.29, 1.82) is 0 Å². The number of rotatable bonds is 5. The highest BCUT2D eigenvalue weighted by atomic mass is 35.5. The summed E-state index contributed by atoms with van der Waals surface area (Å²) in [5.74, 6) is -0.851. The monoisotopic (exact) mass is 368 g/mol. The van der Waals surface area contributed by atoms with Crippen molar-refractivity contribution in [3.8, 4) is 11.3 Å². The molecule has 132 valence electrons. The molecule has 0 bridgehead atoms. The second kappa shape index (κ2) is 7.97. The van der Waals surface area contributed by atoms with Crippen LogP contribution in [0.15, 0.2) is 54.6 Å². The fraction of sp³-hybridized carbons (Fsp3) is 0.150. The maximum absolute atomic E-state index is 12.7. The molecule has 1 aromatic heterocycles. The van der Waals surface area contributed by atoms with Gasteiger partial charge in [0.1, 0.15) is 6.54 Å². The Morgan fingerprint density at radius 3 is 2.62 bits per heavy atom. The van der Waals surface area contributed by atoms with Crippen LogP contribution in [0, 0.1) is 0 Å². The Bertz CT molecular complexity index is 972. The molecule has 0 saturated carbocycles. The Kier molecular flexibility index (Phi) is 5.49. The molecule has 3 rings (SSSR count). The zero-order chi connectivity index (χ0) is 18.5. The Hall–Kier alpha value is -2.92. The summed E-state index contributed by atoms with van der Waals surface area (Å²) >= 11 is 6.28. The number of fused-ring (bicyclic) bond motifs is 1. The standard InChI is InChI=1S/C20H17ClN2O3/c1-2-26-19(24)12-22-20(25)15-11-18(14-8-3-5-9-16(14)21)23-17-10-6-4-7-13(15)17/h3-11H,2,12H2,1H3,(H,22,25). The number of amides is 1. The number of hydrogen-bond donors (Lipinski definition) is 1. The van der Waals surface area contributed by atoms with Crippen LogP contribution in [0.3, 0.4) is 0 Å². The number of pyridine rings is 1. The van der Waals surface area contributed by atoms with E-state index in [1.54, 1.807) is 19.1 Å². The number of carbonyl (C=O) groups is 2. The van der Waals surface area contributed by atoms with E-state index in [1.807, 2.05) is 42.5 Å². The predicted molar refractivity (Wildman–Crippen MR) is 101 cm³/mol. The van der Waals surface area contributed by atoms with E-state index in [2.05, 4.69) is 10.3 Å². The fourth-order valence-corrected chi connectivity index (χ4v) is 2.86. The molecule has 0 radical (unpaired) electrons. The third-order valence-corrected chi connectivity index (χ3v) is 4.14. The molecule has 0 spiro atoms. The molecule has 1 heterocycles. The number of halogens is 1. The lowest BCUT2D eigenvalue weighted by Crippen LogP contribution is -2.30. The van der Waals surface area contributed by atoms with Gasteiger partial charge in [-0.3, -0.25) is 9.59 Å². The number of benzene rings is 2. The second-order valence-electron chi connectivity index (χ2n) is 5.54. The Morgan fingerprint density at radius 1 is 1.12 bits per heavy atom. The summed E-state index contributed by atoms with van der Waals surface area (Å²) in [6.45, 7) is 1.79. The minimum absolute atomic E-state index is 0.190. The largest absolute Gasteiger partial charge is 0.465 e. The van der Waals surface area contributed by atoms with Crippen LogP contribution in [0.4, 0.5) is 0 Å². The van der Waals surface area contributed by atoms with Gasteiger partial charge >= 0.3 is 5.97 Å². The zero-order valence-corrected chi connectivity index (χ0v) is 14.9. The molecule has 0 aliphatic rings. The highest BCUT2D eigenvalue weighted by Gasteiger charge is 2.16. The van der Waals surface area contributed by atoms with Crippen LogP contribution in [-0.2, 0) is 9.53 Å². The first kappa shape index (κ1) is 17.9. The topological polar surface area (TPSA) is 68.3 Å². The van der Waals surface area contributed by atoms with Gasteiger partial charge in [-0.05, 0) is 25.1 Å². The van der Waals surface area contributed by atoms with E-state index in [9.17, 15) is 9.59 Å². The van der Waals surface area contributed by atoms with Gasteiger partial charge in [0.05, 0.1) is 23.4 Å². The number of hydrogen-bond acceptors (Lipinski definition) is 4. The van der Waals surface area contributed by atoms with Crippen molar-refractivity contribution < 1.29 is 14.3 Å². The Labute approximate surface area is 156 Å². The van der Waals surface area contributed by atoms with Crippen molar-refractivity contribution in [3.63, 3.8) is 0 Å². The Balaban J connectivity index is 2.02. The lowest BCUT2D eigenvalue weighted by molar-refractivity contribution is -0.141. The van der Waals surface area contributed by atoms with E-state index in [0.29, 0.717) is 27.2 Å². The van der Waals surface area contributed by atoms with E-state index >= 15 is 0 Å². The third-order valence-electron chi connectivity index (χ3n) is 3.81. The van der Waals surface area contributed by atoms with Gasteiger partial charge in [0.25, 0.3) is 5.91 Å². The van der Waals surface area contributed by atoms with Gasteiger partial charge < -0.3 is 10.1 Å². The number of esters is 1. The van der Waals surface area contributed by atoms with Gasteiger partial charge in [0, 0.05) is 16.0 Å². The van der Waals surface area contributed by atoms with Gasteiger partial charge in [0.2, 0.25) is 0 Å². The molecule has 0 aliphatic carbocycles. The van der Waals surface area contributed by atoms with Gasteiger partial charge in [-0.15, -0.1) is 0 Å². The van der Waals surface area contributed by atoms with Crippen molar-refractivity contribution in [2.45, 2.75) is 6.92 Å². The molecule has 5 nitrogen and oxygen atoms in total. The zero-order valence-electron chi connectivity index (χ0n) is 14.2. The van der Waals surface area contributed by atoms with E-state index in [1.165, 1.54) is 0 Å². The number of aromatic nitrogens is 1. The quantitative estimate of drug-likeness (QED) is 0.694. The highest BCUT2D eigenvalue weighted by Crippen LogP contribution is 2.29. The molecule has 6 heteroatoms. The lowest BCUT2D eigenvalue weighted by atomic mass is 10.0. The van der Waals surface area contributed by atoms with E-state index < -0.39 is 5.97 Å². The normalized spacial score (nSPS) is 10.5. The summed E-state index contributed by atoms with van der Waals surface area (Å²) in [6.07, 6.45) is 0. The maximum atomic E-state index is 12.7. The lowest BCUT2D eigenvalue weighted by Gasteiger charge is -2.11. The summed E-state index contributed by atoms with van der Waals surface area (Å²) in [5, 5.41) is 3.84. The predicted octanol–water partition coefficient (Wildman–Crippen LogP) is 3.85. The van der Waals surface area contributed by atoms with Gasteiger partial charge in [0.15, 0.2) is 0 Å². The highest BCUT2D eigenvalue weighted by molar-refractivity contribution is 6.33. The molecule has 0 aliphatic heterocycles. The van der Waals surface area contributed by atoms with Crippen molar-refractivity contribution >= 4 is 34.4 Å². The van der Waals surface area contributed by atoms with Crippen molar-refractivity contribution in [2.24, 2.45) is 0 Å². The second-order valence-corrected chi connectivity index (χ2v) is 5.95. The first-order chi connectivity index (χ1) is 12.6. The molecule has 1 N–H and O–H groups in total. The minimum Gasteiger partial charge on any atom is -0.465 e. The van der Waals surface area contributed by atoms with Crippen molar-refractivity contribution in [1.82, 2.24) is 10.3 Å².